The molecule has 0 bridgehead atoms. The second-order valence-corrected chi connectivity index (χ2v) is 5.63. The van der Waals surface area contributed by atoms with Gasteiger partial charge < -0.3 is 15.0 Å². The Morgan fingerprint density at radius 1 is 1.44 bits per heavy atom. The monoisotopic (exact) mass is 253 g/mol. The topological polar surface area (TPSA) is 74.2 Å². The number of methoxy groups -OCH3 is 1. The summed E-state index contributed by atoms with van der Waals surface area (Å²) in [5.74, 6) is 2.44. The van der Waals surface area contributed by atoms with Gasteiger partial charge in [-0.15, -0.1) is 0 Å². The van der Waals surface area contributed by atoms with Gasteiger partial charge in [-0.05, 0) is 31.1 Å². The Hall–Kier alpha value is -0.940. The van der Waals surface area contributed by atoms with Crippen molar-refractivity contribution >= 4 is 0 Å². The van der Waals surface area contributed by atoms with Crippen molar-refractivity contribution < 1.29 is 9.26 Å². The van der Waals surface area contributed by atoms with E-state index in [2.05, 4.69) is 24.0 Å². The van der Waals surface area contributed by atoms with E-state index in [-0.39, 0.29) is 12.1 Å². The van der Waals surface area contributed by atoms with Gasteiger partial charge in [0.2, 0.25) is 11.7 Å². The van der Waals surface area contributed by atoms with Crippen molar-refractivity contribution in [1.29, 1.82) is 0 Å². The molecule has 1 heterocycles. The predicted molar refractivity (Wildman–Crippen MR) is 67.9 cm³/mol. The lowest BCUT2D eigenvalue weighted by atomic mass is 10.0. The molecule has 1 aliphatic carbocycles. The lowest BCUT2D eigenvalue weighted by Gasteiger charge is -2.11. The maximum Gasteiger partial charge on any atom is 0.228 e. The first kappa shape index (κ1) is 13.5. The van der Waals surface area contributed by atoms with Crippen LogP contribution in [0.3, 0.4) is 0 Å². The standard InChI is InChI=1S/C13H23N3O2/c1-8(2)6-10(14)7-11-15-13(16-18-11)12(17-3)9-4-5-9/h8-10,12H,4-7,14H2,1-3H3. The molecular formula is C13H23N3O2. The van der Waals surface area contributed by atoms with Crippen molar-refractivity contribution in [3.8, 4) is 0 Å². The van der Waals surface area contributed by atoms with Crippen molar-refractivity contribution in [1.82, 2.24) is 10.1 Å². The fraction of sp³-hybridized carbons (Fsp3) is 0.846. The van der Waals surface area contributed by atoms with Gasteiger partial charge in [-0.1, -0.05) is 19.0 Å². The van der Waals surface area contributed by atoms with E-state index < -0.39 is 0 Å². The molecule has 0 radical (unpaired) electrons. The number of hydrogen-bond acceptors (Lipinski definition) is 5. The highest BCUT2D eigenvalue weighted by Crippen LogP contribution is 2.41. The van der Waals surface area contributed by atoms with Gasteiger partial charge in [0, 0.05) is 19.6 Å². The highest BCUT2D eigenvalue weighted by Gasteiger charge is 2.35. The molecule has 1 aromatic heterocycles. The van der Waals surface area contributed by atoms with Gasteiger partial charge in [0.1, 0.15) is 6.10 Å². The second-order valence-electron chi connectivity index (χ2n) is 5.63. The summed E-state index contributed by atoms with van der Waals surface area (Å²) in [6.07, 6.45) is 3.98. The zero-order valence-corrected chi connectivity index (χ0v) is 11.4. The number of ether oxygens (including phenoxy) is 1. The number of hydrogen-bond donors (Lipinski definition) is 1. The van der Waals surface area contributed by atoms with Crippen LogP contribution in [0.1, 0.15) is 50.9 Å². The van der Waals surface area contributed by atoms with Crippen molar-refractivity contribution in [3.63, 3.8) is 0 Å². The van der Waals surface area contributed by atoms with E-state index in [9.17, 15) is 0 Å². The molecular weight excluding hydrogens is 230 g/mol. The minimum absolute atomic E-state index is 0.0103. The maximum atomic E-state index is 6.04. The minimum Gasteiger partial charge on any atom is -0.373 e. The molecule has 1 aliphatic rings. The molecule has 2 unspecified atom stereocenters. The molecule has 0 saturated heterocycles. The van der Waals surface area contributed by atoms with E-state index >= 15 is 0 Å². The smallest absolute Gasteiger partial charge is 0.228 e. The van der Waals surface area contributed by atoms with E-state index in [1.165, 1.54) is 12.8 Å². The summed E-state index contributed by atoms with van der Waals surface area (Å²) in [6, 6.07) is 0.0835. The summed E-state index contributed by atoms with van der Waals surface area (Å²) in [5, 5.41) is 4.01. The molecule has 2 N–H and O–H groups in total. The molecule has 0 spiro atoms. The molecule has 5 heteroatoms. The zero-order valence-electron chi connectivity index (χ0n) is 11.4. The van der Waals surface area contributed by atoms with Crippen LogP contribution in [-0.4, -0.2) is 23.3 Å². The molecule has 0 aliphatic heterocycles. The fourth-order valence-electron chi connectivity index (χ4n) is 2.29. The van der Waals surface area contributed by atoms with Gasteiger partial charge in [0.05, 0.1) is 0 Å². The van der Waals surface area contributed by atoms with Crippen LogP contribution in [0.25, 0.3) is 0 Å². The molecule has 2 atom stereocenters. The number of nitrogens with two attached hydrogens (primary N) is 1. The number of aromatic nitrogens is 2. The van der Waals surface area contributed by atoms with Crippen LogP contribution in [0.4, 0.5) is 0 Å². The van der Waals surface area contributed by atoms with E-state index in [0.29, 0.717) is 30.0 Å². The molecule has 0 amide bonds. The van der Waals surface area contributed by atoms with Crippen molar-refractivity contribution in [2.45, 2.75) is 51.7 Å². The second kappa shape index (κ2) is 5.80. The first-order chi connectivity index (χ1) is 8.60. The van der Waals surface area contributed by atoms with E-state index in [1.807, 2.05) is 0 Å². The first-order valence-electron chi connectivity index (χ1n) is 6.71. The van der Waals surface area contributed by atoms with Gasteiger partial charge in [-0.2, -0.15) is 4.98 Å². The third kappa shape index (κ3) is 3.53. The first-order valence-corrected chi connectivity index (χ1v) is 6.71. The summed E-state index contributed by atoms with van der Waals surface area (Å²) in [4.78, 5) is 4.41. The molecule has 5 nitrogen and oxygen atoms in total. The Morgan fingerprint density at radius 2 is 2.17 bits per heavy atom. The molecule has 1 saturated carbocycles. The normalized spacial score (nSPS) is 19.2. The van der Waals surface area contributed by atoms with Gasteiger partial charge in [-0.25, -0.2) is 0 Å². The summed E-state index contributed by atoms with van der Waals surface area (Å²) in [6.45, 7) is 4.32. The highest BCUT2D eigenvalue weighted by molar-refractivity contribution is 4.99. The SMILES string of the molecule is COC(c1noc(CC(N)CC(C)C)n1)C1CC1. The predicted octanol–water partition coefficient (Wildman–Crippen LogP) is 2.08. The van der Waals surface area contributed by atoms with Gasteiger partial charge in [0.15, 0.2) is 0 Å². The zero-order chi connectivity index (χ0) is 13.1. The molecule has 0 aromatic carbocycles. The molecule has 2 rings (SSSR count). The lowest BCUT2D eigenvalue weighted by Crippen LogP contribution is -2.24. The molecule has 18 heavy (non-hydrogen) atoms. The van der Waals surface area contributed by atoms with Crippen LogP contribution in [0.2, 0.25) is 0 Å². The van der Waals surface area contributed by atoms with Crippen LogP contribution >= 0.6 is 0 Å². The van der Waals surface area contributed by atoms with Gasteiger partial charge in [-0.3, -0.25) is 0 Å². The van der Waals surface area contributed by atoms with Crippen molar-refractivity contribution in [3.05, 3.63) is 11.7 Å². The van der Waals surface area contributed by atoms with Crippen LogP contribution in [-0.2, 0) is 11.2 Å². The van der Waals surface area contributed by atoms with Crippen LogP contribution in [0.15, 0.2) is 4.52 Å². The van der Waals surface area contributed by atoms with E-state index in [1.54, 1.807) is 7.11 Å². The number of nitrogens with zero attached hydrogens (tertiary/aromatic N) is 2. The lowest BCUT2D eigenvalue weighted by molar-refractivity contribution is 0.0751. The Labute approximate surface area is 108 Å². The molecule has 1 fully saturated rings. The Bertz CT molecular complexity index is 374. The summed E-state index contributed by atoms with van der Waals surface area (Å²) in [7, 11) is 1.70. The summed E-state index contributed by atoms with van der Waals surface area (Å²) in [5.41, 5.74) is 6.04. The van der Waals surface area contributed by atoms with Crippen LogP contribution in [0.5, 0.6) is 0 Å². The Morgan fingerprint density at radius 3 is 2.72 bits per heavy atom. The summed E-state index contributed by atoms with van der Waals surface area (Å²) < 4.78 is 10.7. The largest absolute Gasteiger partial charge is 0.373 e. The Kier molecular flexibility index (Phi) is 4.35. The Balaban J connectivity index is 1.92. The van der Waals surface area contributed by atoms with Gasteiger partial charge in [0.25, 0.3) is 0 Å². The quantitative estimate of drug-likeness (QED) is 0.805. The number of rotatable bonds is 7. The van der Waals surface area contributed by atoms with Crippen molar-refractivity contribution in [2.24, 2.45) is 17.6 Å². The summed E-state index contributed by atoms with van der Waals surface area (Å²) >= 11 is 0. The van der Waals surface area contributed by atoms with Crippen LogP contribution in [0, 0.1) is 11.8 Å². The van der Waals surface area contributed by atoms with Crippen LogP contribution < -0.4 is 5.73 Å². The average Bonchev–Trinajstić information content (AvgIpc) is 3.00. The van der Waals surface area contributed by atoms with Gasteiger partial charge >= 0.3 is 0 Å². The molecule has 102 valence electrons. The maximum absolute atomic E-state index is 6.04. The molecule has 1 aromatic rings. The van der Waals surface area contributed by atoms with E-state index in [4.69, 9.17) is 15.0 Å². The van der Waals surface area contributed by atoms with E-state index in [0.717, 1.165) is 6.42 Å². The average molecular weight is 253 g/mol. The third-order valence-electron chi connectivity index (χ3n) is 3.25. The highest BCUT2D eigenvalue weighted by atomic mass is 16.5. The third-order valence-corrected chi connectivity index (χ3v) is 3.25. The minimum atomic E-state index is -0.0103. The van der Waals surface area contributed by atoms with Crippen molar-refractivity contribution in [2.75, 3.05) is 7.11 Å². The fourth-order valence-corrected chi connectivity index (χ4v) is 2.29.